The van der Waals surface area contributed by atoms with Gasteiger partial charge in [-0.2, -0.15) is 4.31 Å². The van der Waals surface area contributed by atoms with Gasteiger partial charge < -0.3 is 9.72 Å². The molecule has 0 amide bonds. The van der Waals surface area contributed by atoms with E-state index < -0.39 is 10.0 Å². The number of halogens is 1. The number of fused-ring (bicyclic) bond motifs is 1. The molecule has 0 atom stereocenters. The maximum atomic E-state index is 13.8. The van der Waals surface area contributed by atoms with E-state index in [0.29, 0.717) is 16.7 Å². The van der Waals surface area contributed by atoms with Gasteiger partial charge in [-0.3, -0.25) is 4.79 Å². The van der Waals surface area contributed by atoms with Gasteiger partial charge >= 0.3 is 0 Å². The summed E-state index contributed by atoms with van der Waals surface area (Å²) in [6.07, 6.45) is 2.93. The second kappa shape index (κ2) is 8.12. The van der Waals surface area contributed by atoms with Crippen molar-refractivity contribution >= 4 is 48.5 Å². The van der Waals surface area contributed by atoms with E-state index in [2.05, 4.69) is 30.9 Å². The smallest absolute Gasteiger partial charge is 0.271 e. The average molecular weight is 501 g/mol. The number of pyridine rings is 1. The van der Waals surface area contributed by atoms with Crippen molar-refractivity contribution in [2.45, 2.75) is 11.8 Å². The summed E-state index contributed by atoms with van der Waals surface area (Å²) < 4.78 is 34.9. The molecule has 0 aliphatic rings. The summed E-state index contributed by atoms with van der Waals surface area (Å²) in [5.74, 6) is 0.308. The van der Waals surface area contributed by atoms with Crippen molar-refractivity contribution in [1.29, 1.82) is 0 Å². The Morgan fingerprint density at radius 1 is 1.06 bits per heavy atom. The van der Waals surface area contributed by atoms with Crippen LogP contribution < -0.4 is 14.6 Å². The molecule has 4 rings (SSSR count). The summed E-state index contributed by atoms with van der Waals surface area (Å²) in [6, 6.07) is 12.4. The molecular formula is C21H17BrN4O4S. The highest BCUT2D eigenvalue weighted by Gasteiger charge is 2.31. The van der Waals surface area contributed by atoms with Gasteiger partial charge in [-0.1, -0.05) is 15.9 Å². The third-order valence-corrected chi connectivity index (χ3v) is 7.19. The molecule has 0 bridgehead atoms. The van der Waals surface area contributed by atoms with Gasteiger partial charge in [0.05, 0.1) is 12.0 Å². The molecule has 10 heteroatoms. The number of aromatic amines is 1. The van der Waals surface area contributed by atoms with E-state index in [9.17, 15) is 13.2 Å². The van der Waals surface area contributed by atoms with E-state index in [-0.39, 0.29) is 22.1 Å². The van der Waals surface area contributed by atoms with Gasteiger partial charge in [-0.15, -0.1) is 0 Å². The van der Waals surface area contributed by atoms with E-state index in [1.807, 2.05) is 6.92 Å². The number of rotatable bonds is 5. The van der Waals surface area contributed by atoms with Crippen LogP contribution in [0, 0.1) is 6.92 Å². The van der Waals surface area contributed by atoms with Crippen molar-refractivity contribution in [3.05, 3.63) is 81.3 Å². The van der Waals surface area contributed by atoms with Gasteiger partial charge in [0.2, 0.25) is 11.5 Å². The highest BCUT2D eigenvalue weighted by molar-refractivity contribution is 9.10. The lowest BCUT2D eigenvalue weighted by Gasteiger charge is -2.25. The topological polar surface area (TPSA) is 105 Å². The molecule has 31 heavy (non-hydrogen) atoms. The fourth-order valence-electron chi connectivity index (χ4n) is 3.11. The monoisotopic (exact) mass is 500 g/mol. The molecule has 0 fully saturated rings. The molecule has 0 unspecified atom stereocenters. The number of aromatic nitrogens is 3. The average Bonchev–Trinajstić information content (AvgIpc) is 2.76. The van der Waals surface area contributed by atoms with Crippen LogP contribution in [-0.2, 0) is 10.0 Å². The number of benzene rings is 2. The van der Waals surface area contributed by atoms with E-state index in [0.717, 1.165) is 14.3 Å². The van der Waals surface area contributed by atoms with Crippen LogP contribution in [0.2, 0.25) is 0 Å². The number of methoxy groups -OCH3 is 1. The Hall–Kier alpha value is -3.24. The van der Waals surface area contributed by atoms with Crippen LogP contribution in [0.25, 0.3) is 10.9 Å². The molecule has 2 aromatic carbocycles. The summed E-state index contributed by atoms with van der Waals surface area (Å²) >= 11 is 3.45. The quantitative estimate of drug-likeness (QED) is 0.445. The van der Waals surface area contributed by atoms with Gasteiger partial charge in [-0.05, 0) is 60.3 Å². The SMILES string of the molecule is COc1cc(Br)c(C)cc1N(c1ncccn1)S(=O)(=O)c1ccc2[nH]c(=O)ccc2c1. The molecule has 0 aliphatic carbocycles. The number of aryl methyl sites for hydroxylation is 1. The molecule has 0 radical (unpaired) electrons. The number of nitrogens with zero attached hydrogens (tertiary/aromatic N) is 3. The zero-order valence-electron chi connectivity index (χ0n) is 16.5. The van der Waals surface area contributed by atoms with Crippen LogP contribution in [0.4, 0.5) is 11.6 Å². The van der Waals surface area contributed by atoms with Crippen LogP contribution in [0.1, 0.15) is 5.56 Å². The third kappa shape index (κ3) is 3.91. The Morgan fingerprint density at radius 3 is 2.52 bits per heavy atom. The highest BCUT2D eigenvalue weighted by Crippen LogP contribution is 2.40. The van der Waals surface area contributed by atoms with Gasteiger partial charge in [-0.25, -0.2) is 18.4 Å². The minimum absolute atomic E-state index is 0.0159. The van der Waals surface area contributed by atoms with Gasteiger partial charge in [0, 0.05) is 28.4 Å². The largest absolute Gasteiger partial charge is 0.494 e. The maximum absolute atomic E-state index is 13.8. The summed E-state index contributed by atoms with van der Waals surface area (Å²) in [6.45, 7) is 1.84. The zero-order chi connectivity index (χ0) is 22.2. The first-order chi connectivity index (χ1) is 14.8. The van der Waals surface area contributed by atoms with Crippen LogP contribution >= 0.6 is 15.9 Å². The second-order valence-electron chi connectivity index (χ2n) is 6.66. The minimum Gasteiger partial charge on any atom is -0.494 e. The van der Waals surface area contributed by atoms with Crippen molar-refractivity contribution in [1.82, 2.24) is 15.0 Å². The van der Waals surface area contributed by atoms with Crippen molar-refractivity contribution in [2.24, 2.45) is 0 Å². The molecule has 158 valence electrons. The molecule has 0 saturated heterocycles. The molecular weight excluding hydrogens is 484 g/mol. The molecule has 4 aromatic rings. The number of sulfonamides is 1. The predicted molar refractivity (Wildman–Crippen MR) is 121 cm³/mol. The van der Waals surface area contributed by atoms with Crippen molar-refractivity contribution in [3.63, 3.8) is 0 Å². The number of H-pyrrole nitrogens is 1. The second-order valence-corrected chi connectivity index (χ2v) is 9.30. The van der Waals surface area contributed by atoms with Crippen LogP contribution in [-0.4, -0.2) is 30.5 Å². The van der Waals surface area contributed by atoms with Crippen molar-refractivity contribution in [2.75, 3.05) is 11.4 Å². The van der Waals surface area contributed by atoms with Gasteiger partial charge in [0.15, 0.2) is 0 Å². The van der Waals surface area contributed by atoms with Crippen LogP contribution in [0.15, 0.2) is 75.1 Å². The summed E-state index contributed by atoms with van der Waals surface area (Å²) in [5, 5.41) is 0.577. The molecule has 1 N–H and O–H groups in total. The summed E-state index contributed by atoms with van der Waals surface area (Å²) in [4.78, 5) is 22.6. The standard InChI is InChI=1S/C21H17BrN4O4S/c1-13-10-18(19(30-2)12-16(13)22)26(21-23-8-3-9-24-21)31(28,29)15-5-6-17-14(11-15)4-7-20(27)25-17/h3-12H,1-2H3,(H,25,27). The maximum Gasteiger partial charge on any atom is 0.271 e. The predicted octanol–water partition coefficient (Wildman–Crippen LogP) is 3.92. The van der Waals surface area contributed by atoms with Gasteiger partial charge in [0.1, 0.15) is 11.4 Å². The van der Waals surface area contributed by atoms with E-state index >= 15 is 0 Å². The molecule has 2 aromatic heterocycles. The number of nitrogens with one attached hydrogen (secondary N) is 1. The molecule has 8 nitrogen and oxygen atoms in total. The lowest BCUT2D eigenvalue weighted by Crippen LogP contribution is -2.28. The number of anilines is 2. The summed E-state index contributed by atoms with van der Waals surface area (Å²) in [7, 11) is -2.69. The molecule has 0 aliphatic heterocycles. The van der Waals surface area contributed by atoms with Gasteiger partial charge in [0.25, 0.3) is 10.0 Å². The lowest BCUT2D eigenvalue weighted by molar-refractivity contribution is 0.415. The molecule has 0 spiro atoms. The fraction of sp³-hybridized carbons (Fsp3) is 0.0952. The fourth-order valence-corrected chi connectivity index (χ4v) is 4.87. The van der Waals surface area contributed by atoms with Crippen molar-refractivity contribution < 1.29 is 13.2 Å². The minimum atomic E-state index is -4.15. The first-order valence-corrected chi connectivity index (χ1v) is 11.3. The lowest BCUT2D eigenvalue weighted by atomic mass is 10.2. The number of hydrogen-bond donors (Lipinski definition) is 1. The number of hydrogen-bond acceptors (Lipinski definition) is 6. The molecule has 2 heterocycles. The summed E-state index contributed by atoms with van der Waals surface area (Å²) in [5.41, 5.74) is 1.35. The Labute approximate surface area is 186 Å². The zero-order valence-corrected chi connectivity index (χ0v) is 18.9. The first-order valence-electron chi connectivity index (χ1n) is 9.11. The van der Waals surface area contributed by atoms with Crippen LogP contribution in [0.3, 0.4) is 0 Å². The van der Waals surface area contributed by atoms with E-state index in [1.165, 1.54) is 37.7 Å². The number of ether oxygens (including phenoxy) is 1. The normalized spacial score (nSPS) is 11.5. The Kier molecular flexibility index (Phi) is 5.50. The first kappa shape index (κ1) is 21.0. The Morgan fingerprint density at radius 2 is 1.81 bits per heavy atom. The van der Waals surface area contributed by atoms with Crippen molar-refractivity contribution in [3.8, 4) is 5.75 Å². The Bertz CT molecular complexity index is 1440. The van der Waals surface area contributed by atoms with E-state index in [4.69, 9.17) is 4.74 Å². The third-order valence-electron chi connectivity index (χ3n) is 4.65. The van der Waals surface area contributed by atoms with E-state index in [1.54, 1.807) is 30.3 Å². The highest BCUT2D eigenvalue weighted by atomic mass is 79.9. The van der Waals surface area contributed by atoms with Crippen LogP contribution in [0.5, 0.6) is 5.75 Å². The Balaban J connectivity index is 1.97. The molecule has 0 saturated carbocycles.